The molecule has 2 aliphatic heterocycles. The van der Waals surface area contributed by atoms with Gasteiger partial charge in [0.25, 0.3) is 0 Å². The summed E-state index contributed by atoms with van der Waals surface area (Å²) in [5, 5.41) is 3.50. The van der Waals surface area contributed by atoms with E-state index in [-0.39, 0.29) is 0 Å². The number of rotatable bonds is 2. The Hall–Kier alpha value is -0.830. The minimum Gasteiger partial charge on any atom is -0.332 e. The Balaban J connectivity index is 1.71. The SMILES string of the molecule is CC1CCn2c(cnc2CC2CCCNC2)C1. The number of hydrogen-bond acceptors (Lipinski definition) is 2. The van der Waals surface area contributed by atoms with Gasteiger partial charge in [-0.05, 0) is 50.6 Å². The van der Waals surface area contributed by atoms with Crippen molar-refractivity contribution in [3.8, 4) is 0 Å². The summed E-state index contributed by atoms with van der Waals surface area (Å²) in [7, 11) is 0. The van der Waals surface area contributed by atoms with Crippen LogP contribution in [0.3, 0.4) is 0 Å². The van der Waals surface area contributed by atoms with Crippen LogP contribution in [-0.4, -0.2) is 22.6 Å². The monoisotopic (exact) mass is 233 g/mol. The molecule has 0 aromatic carbocycles. The highest BCUT2D eigenvalue weighted by Gasteiger charge is 2.21. The van der Waals surface area contributed by atoms with Crippen LogP contribution in [0.25, 0.3) is 0 Å². The third-order valence-electron chi connectivity index (χ3n) is 4.29. The number of aromatic nitrogens is 2. The summed E-state index contributed by atoms with van der Waals surface area (Å²) < 4.78 is 2.48. The number of piperidine rings is 1. The van der Waals surface area contributed by atoms with Crippen LogP contribution in [0.15, 0.2) is 6.20 Å². The van der Waals surface area contributed by atoms with E-state index in [1.165, 1.54) is 63.3 Å². The van der Waals surface area contributed by atoms with E-state index in [1.54, 1.807) is 0 Å². The van der Waals surface area contributed by atoms with Gasteiger partial charge in [0.05, 0.1) is 0 Å². The average molecular weight is 233 g/mol. The Morgan fingerprint density at radius 2 is 2.41 bits per heavy atom. The lowest BCUT2D eigenvalue weighted by Crippen LogP contribution is -2.31. The van der Waals surface area contributed by atoms with Crippen molar-refractivity contribution < 1.29 is 0 Å². The molecule has 0 saturated carbocycles. The second-order valence-corrected chi connectivity index (χ2v) is 5.83. The van der Waals surface area contributed by atoms with E-state index in [0.29, 0.717) is 0 Å². The third-order valence-corrected chi connectivity index (χ3v) is 4.29. The predicted molar refractivity (Wildman–Crippen MR) is 69.0 cm³/mol. The van der Waals surface area contributed by atoms with Crippen molar-refractivity contribution in [2.45, 2.75) is 45.6 Å². The first-order chi connectivity index (χ1) is 8.33. The van der Waals surface area contributed by atoms with Crippen LogP contribution in [0.1, 0.15) is 37.7 Å². The summed E-state index contributed by atoms with van der Waals surface area (Å²) in [5.41, 5.74) is 1.46. The van der Waals surface area contributed by atoms with Gasteiger partial charge in [0, 0.05) is 24.9 Å². The summed E-state index contributed by atoms with van der Waals surface area (Å²) in [6.07, 6.45) is 8.51. The minimum absolute atomic E-state index is 0.801. The van der Waals surface area contributed by atoms with Gasteiger partial charge in [-0.15, -0.1) is 0 Å². The summed E-state index contributed by atoms with van der Waals surface area (Å²) in [5.74, 6) is 2.97. The second-order valence-electron chi connectivity index (χ2n) is 5.83. The van der Waals surface area contributed by atoms with Crippen LogP contribution in [0, 0.1) is 11.8 Å². The van der Waals surface area contributed by atoms with Gasteiger partial charge in [-0.1, -0.05) is 6.92 Å². The molecule has 1 aromatic rings. The van der Waals surface area contributed by atoms with Gasteiger partial charge in [-0.25, -0.2) is 4.98 Å². The molecule has 0 aliphatic carbocycles. The van der Waals surface area contributed by atoms with Crippen molar-refractivity contribution in [3.05, 3.63) is 17.7 Å². The zero-order chi connectivity index (χ0) is 11.7. The van der Waals surface area contributed by atoms with Gasteiger partial charge in [0.1, 0.15) is 5.82 Å². The Kier molecular flexibility index (Phi) is 3.19. The molecule has 94 valence electrons. The van der Waals surface area contributed by atoms with E-state index < -0.39 is 0 Å². The standard InChI is InChI=1S/C14H23N3/c1-11-4-6-17-13(7-11)10-16-14(17)8-12-3-2-5-15-9-12/h10-12,15H,2-9H2,1H3. The zero-order valence-electron chi connectivity index (χ0n) is 10.8. The molecule has 3 rings (SSSR count). The fourth-order valence-corrected chi connectivity index (χ4v) is 3.22. The summed E-state index contributed by atoms with van der Waals surface area (Å²) in [6, 6.07) is 0. The highest BCUT2D eigenvalue weighted by molar-refractivity contribution is 5.09. The fourth-order valence-electron chi connectivity index (χ4n) is 3.22. The van der Waals surface area contributed by atoms with Crippen LogP contribution >= 0.6 is 0 Å². The smallest absolute Gasteiger partial charge is 0.109 e. The van der Waals surface area contributed by atoms with Gasteiger partial charge in [-0.2, -0.15) is 0 Å². The fraction of sp³-hybridized carbons (Fsp3) is 0.786. The van der Waals surface area contributed by atoms with E-state index >= 15 is 0 Å². The van der Waals surface area contributed by atoms with Gasteiger partial charge < -0.3 is 9.88 Å². The molecule has 17 heavy (non-hydrogen) atoms. The van der Waals surface area contributed by atoms with Crippen LogP contribution in [0.4, 0.5) is 0 Å². The van der Waals surface area contributed by atoms with Gasteiger partial charge >= 0.3 is 0 Å². The molecule has 2 aliphatic rings. The Morgan fingerprint density at radius 3 is 3.24 bits per heavy atom. The molecule has 3 heterocycles. The van der Waals surface area contributed by atoms with Gasteiger partial charge in [0.2, 0.25) is 0 Å². The summed E-state index contributed by atoms with van der Waals surface area (Å²) in [4.78, 5) is 4.66. The van der Waals surface area contributed by atoms with Crippen LogP contribution in [0.2, 0.25) is 0 Å². The average Bonchev–Trinajstić information content (AvgIpc) is 2.73. The molecule has 1 aromatic heterocycles. The number of imidazole rings is 1. The normalized spacial score (nSPS) is 29.0. The lowest BCUT2D eigenvalue weighted by atomic mass is 9.95. The lowest BCUT2D eigenvalue weighted by molar-refractivity contribution is 0.355. The van der Waals surface area contributed by atoms with E-state index in [9.17, 15) is 0 Å². The topological polar surface area (TPSA) is 29.9 Å². The Morgan fingerprint density at radius 1 is 1.47 bits per heavy atom. The maximum Gasteiger partial charge on any atom is 0.109 e. The number of nitrogens with one attached hydrogen (secondary N) is 1. The largest absolute Gasteiger partial charge is 0.332 e. The molecule has 1 N–H and O–H groups in total. The number of fused-ring (bicyclic) bond motifs is 1. The summed E-state index contributed by atoms with van der Waals surface area (Å²) in [6.45, 7) is 5.92. The predicted octanol–water partition coefficient (Wildman–Crippen LogP) is 2.01. The van der Waals surface area contributed by atoms with E-state index in [1.807, 2.05) is 0 Å². The molecule has 2 atom stereocenters. The molecular weight excluding hydrogens is 210 g/mol. The van der Waals surface area contributed by atoms with Gasteiger partial charge in [-0.3, -0.25) is 0 Å². The van der Waals surface area contributed by atoms with Crippen LogP contribution < -0.4 is 5.32 Å². The van der Waals surface area contributed by atoms with E-state index in [2.05, 4.69) is 28.0 Å². The zero-order valence-corrected chi connectivity index (χ0v) is 10.8. The molecular formula is C14H23N3. The molecule has 0 amide bonds. The Bertz CT molecular complexity index is 377. The first-order valence-electron chi connectivity index (χ1n) is 7.07. The maximum absolute atomic E-state index is 4.66. The first kappa shape index (κ1) is 11.3. The van der Waals surface area contributed by atoms with Crippen molar-refractivity contribution in [1.29, 1.82) is 0 Å². The second kappa shape index (κ2) is 4.81. The molecule has 2 unspecified atom stereocenters. The van der Waals surface area contributed by atoms with E-state index in [4.69, 9.17) is 0 Å². The number of nitrogens with zero attached hydrogens (tertiary/aromatic N) is 2. The molecule has 0 spiro atoms. The first-order valence-corrected chi connectivity index (χ1v) is 7.07. The van der Waals surface area contributed by atoms with Crippen LogP contribution in [0.5, 0.6) is 0 Å². The van der Waals surface area contributed by atoms with Crippen molar-refractivity contribution in [1.82, 2.24) is 14.9 Å². The van der Waals surface area contributed by atoms with Crippen molar-refractivity contribution in [2.24, 2.45) is 11.8 Å². The molecule has 3 nitrogen and oxygen atoms in total. The Labute approximate surface area is 104 Å². The maximum atomic E-state index is 4.66. The quantitative estimate of drug-likeness (QED) is 0.847. The van der Waals surface area contributed by atoms with Gasteiger partial charge in [0.15, 0.2) is 0 Å². The molecule has 0 radical (unpaired) electrons. The highest BCUT2D eigenvalue weighted by Crippen LogP contribution is 2.23. The molecule has 0 bridgehead atoms. The molecule has 1 saturated heterocycles. The summed E-state index contributed by atoms with van der Waals surface area (Å²) >= 11 is 0. The van der Waals surface area contributed by atoms with E-state index in [0.717, 1.165) is 11.8 Å². The highest BCUT2D eigenvalue weighted by atomic mass is 15.1. The third kappa shape index (κ3) is 2.39. The van der Waals surface area contributed by atoms with Crippen molar-refractivity contribution in [2.75, 3.05) is 13.1 Å². The number of hydrogen-bond donors (Lipinski definition) is 1. The van der Waals surface area contributed by atoms with Crippen molar-refractivity contribution in [3.63, 3.8) is 0 Å². The molecule has 3 heteroatoms. The lowest BCUT2D eigenvalue weighted by Gasteiger charge is -2.25. The molecule has 1 fully saturated rings. The minimum atomic E-state index is 0.801. The van der Waals surface area contributed by atoms with Crippen LogP contribution in [-0.2, 0) is 19.4 Å². The van der Waals surface area contributed by atoms with Crippen molar-refractivity contribution >= 4 is 0 Å².